The second-order valence-electron chi connectivity index (χ2n) is 10.9. The highest BCUT2D eigenvalue weighted by atomic mass is 19.1. The molecule has 2 aliphatic heterocycles. The van der Waals surface area contributed by atoms with Crippen molar-refractivity contribution in [3.05, 3.63) is 89.2 Å². The number of piperidine rings is 1. The van der Waals surface area contributed by atoms with Crippen LogP contribution in [0.4, 0.5) is 10.1 Å². The summed E-state index contributed by atoms with van der Waals surface area (Å²) in [4.78, 5) is 2.39. The molecule has 3 aromatic carbocycles. The molecule has 0 aromatic heterocycles. The zero-order valence-corrected chi connectivity index (χ0v) is 24.7. The normalized spacial score (nSPS) is 18.4. The average Bonchev–Trinajstić information content (AvgIpc) is 3.03. The van der Waals surface area contributed by atoms with Gasteiger partial charge in [0, 0.05) is 39.3 Å². The van der Waals surface area contributed by atoms with Crippen LogP contribution in [0.5, 0.6) is 11.5 Å². The SMILES string of the molecule is COCCCN1CCOc2ccc(COC3CNCCC3c3ccc(OCCNCCc4ccccc4F)cc3)cc21. The molecule has 0 aliphatic carbocycles. The van der Waals surface area contributed by atoms with Crippen molar-refractivity contribution in [1.82, 2.24) is 10.6 Å². The van der Waals surface area contributed by atoms with Crippen molar-refractivity contribution in [1.29, 1.82) is 0 Å². The van der Waals surface area contributed by atoms with E-state index in [1.54, 1.807) is 13.2 Å². The minimum Gasteiger partial charge on any atom is -0.492 e. The van der Waals surface area contributed by atoms with E-state index in [0.717, 1.165) is 73.9 Å². The van der Waals surface area contributed by atoms with Crippen molar-refractivity contribution >= 4 is 5.69 Å². The van der Waals surface area contributed by atoms with Crippen LogP contribution in [0.15, 0.2) is 66.7 Å². The summed E-state index contributed by atoms with van der Waals surface area (Å²) in [7, 11) is 1.75. The van der Waals surface area contributed by atoms with E-state index in [9.17, 15) is 4.39 Å². The lowest BCUT2D eigenvalue weighted by Crippen LogP contribution is -2.41. The van der Waals surface area contributed by atoms with Crippen molar-refractivity contribution in [2.24, 2.45) is 0 Å². The number of nitrogens with zero attached hydrogens (tertiary/aromatic N) is 1. The molecule has 0 bridgehead atoms. The highest BCUT2D eigenvalue weighted by Crippen LogP contribution is 2.34. The van der Waals surface area contributed by atoms with Gasteiger partial charge in [-0.3, -0.25) is 0 Å². The van der Waals surface area contributed by atoms with Crippen molar-refractivity contribution < 1.29 is 23.3 Å². The Balaban J connectivity index is 1.09. The number of rotatable bonds is 15. The van der Waals surface area contributed by atoms with Crippen LogP contribution in [-0.2, 0) is 22.5 Å². The van der Waals surface area contributed by atoms with Gasteiger partial charge in [0.25, 0.3) is 0 Å². The molecule has 2 heterocycles. The molecule has 5 rings (SSSR count). The summed E-state index contributed by atoms with van der Waals surface area (Å²) in [6.45, 7) is 7.67. The van der Waals surface area contributed by atoms with Crippen LogP contribution in [-0.4, -0.2) is 72.3 Å². The summed E-state index contributed by atoms with van der Waals surface area (Å²) in [5.74, 6) is 1.98. The van der Waals surface area contributed by atoms with Crippen LogP contribution in [0.1, 0.15) is 35.4 Å². The van der Waals surface area contributed by atoms with Gasteiger partial charge in [-0.15, -0.1) is 0 Å². The first kappa shape index (κ1) is 30.3. The quantitative estimate of drug-likeness (QED) is 0.248. The molecule has 1 fully saturated rings. The lowest BCUT2D eigenvalue weighted by Gasteiger charge is -2.33. The molecular formula is C34H44FN3O4. The molecular weight excluding hydrogens is 533 g/mol. The summed E-state index contributed by atoms with van der Waals surface area (Å²) in [6.07, 6.45) is 2.77. The molecule has 226 valence electrons. The summed E-state index contributed by atoms with van der Waals surface area (Å²) >= 11 is 0. The summed E-state index contributed by atoms with van der Waals surface area (Å²) in [6, 6.07) is 21.8. The van der Waals surface area contributed by atoms with Crippen LogP contribution in [0.3, 0.4) is 0 Å². The van der Waals surface area contributed by atoms with E-state index in [2.05, 4.69) is 58.0 Å². The van der Waals surface area contributed by atoms with Crippen molar-refractivity contribution in [2.45, 2.75) is 37.9 Å². The van der Waals surface area contributed by atoms with Gasteiger partial charge >= 0.3 is 0 Å². The van der Waals surface area contributed by atoms with Crippen molar-refractivity contribution in [3.63, 3.8) is 0 Å². The zero-order chi connectivity index (χ0) is 29.0. The zero-order valence-electron chi connectivity index (χ0n) is 24.7. The van der Waals surface area contributed by atoms with Gasteiger partial charge in [0.1, 0.15) is 30.5 Å². The number of hydrogen-bond acceptors (Lipinski definition) is 7. The predicted molar refractivity (Wildman–Crippen MR) is 164 cm³/mol. The standard InChI is InChI=1S/C34H44FN3O4/c1-39-20-4-18-38-19-22-41-33-12-7-26(23-32(33)38)25-42-34-24-37-16-14-30(34)27-8-10-29(11-9-27)40-21-17-36-15-13-28-5-2-3-6-31(28)35/h2-3,5-12,23,30,34,36-37H,4,13-22,24-25H2,1H3. The minimum absolute atomic E-state index is 0.0919. The Bertz CT molecular complexity index is 1240. The van der Waals surface area contributed by atoms with Crippen LogP contribution in [0.2, 0.25) is 0 Å². The van der Waals surface area contributed by atoms with E-state index in [1.807, 2.05) is 12.1 Å². The Labute approximate surface area is 249 Å². The van der Waals surface area contributed by atoms with Gasteiger partial charge in [0.15, 0.2) is 0 Å². The van der Waals surface area contributed by atoms with E-state index in [-0.39, 0.29) is 11.9 Å². The first-order chi connectivity index (χ1) is 20.7. The molecule has 7 nitrogen and oxygen atoms in total. The summed E-state index contributed by atoms with van der Waals surface area (Å²) < 4.78 is 37.4. The lowest BCUT2D eigenvalue weighted by molar-refractivity contribution is 0.0106. The van der Waals surface area contributed by atoms with Crippen molar-refractivity contribution in [3.8, 4) is 11.5 Å². The van der Waals surface area contributed by atoms with Crippen LogP contribution >= 0.6 is 0 Å². The van der Waals surface area contributed by atoms with Gasteiger partial charge in [0.05, 0.1) is 24.9 Å². The second-order valence-corrected chi connectivity index (χ2v) is 10.9. The first-order valence-electron chi connectivity index (χ1n) is 15.2. The van der Waals surface area contributed by atoms with Gasteiger partial charge in [-0.25, -0.2) is 4.39 Å². The Kier molecular flexibility index (Phi) is 11.5. The van der Waals surface area contributed by atoms with Crippen LogP contribution in [0, 0.1) is 5.82 Å². The third kappa shape index (κ3) is 8.44. The predicted octanol–water partition coefficient (Wildman–Crippen LogP) is 4.93. The fourth-order valence-corrected chi connectivity index (χ4v) is 5.73. The molecule has 3 aromatic rings. The fraction of sp³-hybridized carbons (Fsp3) is 0.471. The van der Waals surface area contributed by atoms with E-state index in [4.69, 9.17) is 18.9 Å². The highest BCUT2D eigenvalue weighted by molar-refractivity contribution is 5.61. The lowest BCUT2D eigenvalue weighted by atomic mass is 9.87. The second kappa shape index (κ2) is 15.9. The Hall–Kier alpha value is -3.17. The van der Waals surface area contributed by atoms with Crippen molar-refractivity contribution in [2.75, 3.05) is 71.1 Å². The Morgan fingerprint density at radius 3 is 2.79 bits per heavy atom. The van der Waals surface area contributed by atoms with E-state index >= 15 is 0 Å². The molecule has 42 heavy (non-hydrogen) atoms. The maximum Gasteiger partial charge on any atom is 0.142 e. The summed E-state index contributed by atoms with van der Waals surface area (Å²) in [5.41, 5.74) is 4.32. The maximum atomic E-state index is 13.7. The third-order valence-electron chi connectivity index (χ3n) is 8.03. The number of ether oxygens (including phenoxy) is 4. The number of nitrogens with one attached hydrogen (secondary N) is 2. The van der Waals surface area contributed by atoms with E-state index < -0.39 is 0 Å². The van der Waals surface area contributed by atoms with Crippen LogP contribution in [0.25, 0.3) is 0 Å². The number of fused-ring (bicyclic) bond motifs is 1. The van der Waals surface area contributed by atoms with Gasteiger partial charge in [-0.2, -0.15) is 0 Å². The molecule has 2 unspecified atom stereocenters. The molecule has 0 saturated carbocycles. The molecule has 2 atom stereocenters. The van der Waals surface area contributed by atoms with Gasteiger partial charge in [0.2, 0.25) is 0 Å². The number of halogens is 1. The number of anilines is 1. The number of benzene rings is 3. The number of hydrogen-bond donors (Lipinski definition) is 2. The fourth-order valence-electron chi connectivity index (χ4n) is 5.73. The molecule has 2 aliphatic rings. The minimum atomic E-state index is -0.147. The Morgan fingerprint density at radius 2 is 1.93 bits per heavy atom. The summed E-state index contributed by atoms with van der Waals surface area (Å²) in [5, 5.41) is 6.84. The van der Waals surface area contributed by atoms with E-state index in [0.29, 0.717) is 45.2 Å². The molecule has 2 N–H and O–H groups in total. The molecule has 8 heteroatoms. The van der Waals surface area contributed by atoms with Crippen LogP contribution < -0.4 is 25.0 Å². The first-order valence-corrected chi connectivity index (χ1v) is 15.2. The monoisotopic (exact) mass is 577 g/mol. The van der Waals surface area contributed by atoms with Gasteiger partial charge in [-0.1, -0.05) is 36.4 Å². The molecule has 0 radical (unpaired) electrons. The average molecular weight is 578 g/mol. The third-order valence-corrected chi connectivity index (χ3v) is 8.03. The van der Waals surface area contributed by atoms with Gasteiger partial charge < -0.3 is 34.5 Å². The molecule has 1 saturated heterocycles. The number of methoxy groups -OCH3 is 1. The molecule has 0 amide bonds. The largest absolute Gasteiger partial charge is 0.492 e. The highest BCUT2D eigenvalue weighted by Gasteiger charge is 2.27. The van der Waals surface area contributed by atoms with Gasteiger partial charge in [-0.05, 0) is 79.4 Å². The van der Waals surface area contributed by atoms with E-state index in [1.165, 1.54) is 11.6 Å². The maximum absolute atomic E-state index is 13.7. The molecule has 0 spiro atoms. The smallest absolute Gasteiger partial charge is 0.142 e. The Morgan fingerprint density at radius 1 is 1.05 bits per heavy atom. The topological polar surface area (TPSA) is 64.2 Å².